The Hall–Kier alpha value is 1.26. The van der Waals surface area contributed by atoms with Crippen molar-refractivity contribution < 1.29 is 85.1 Å². The smallest absolute Gasteiger partial charge is 0.747 e. The molecule has 1 aliphatic carbocycles. The van der Waals surface area contributed by atoms with Gasteiger partial charge >= 0.3 is 59.1 Å². The molecule has 92 valence electrons. The molecule has 0 bridgehead atoms. The van der Waals surface area contributed by atoms with Gasteiger partial charge in [-0.3, -0.25) is 0 Å². The minimum atomic E-state index is -5.21. The molecule has 11 heteroatoms. The van der Waals surface area contributed by atoms with Crippen molar-refractivity contribution >= 4 is 20.2 Å². The Morgan fingerprint density at radius 3 is 1.61 bits per heavy atom. The van der Waals surface area contributed by atoms with Gasteiger partial charge in [0.05, 0.1) is 0 Å². The monoisotopic (exact) mass is 313 g/mol. The topological polar surface area (TPSA) is 140 Å². The third-order valence-corrected chi connectivity index (χ3v) is 5.61. The van der Waals surface area contributed by atoms with Crippen LogP contribution in [-0.2, 0) is 20.2 Å². The van der Waals surface area contributed by atoms with Crippen LogP contribution in [0.3, 0.4) is 0 Å². The fraction of sp³-hybridized carbons (Fsp3) is 0.429. The Morgan fingerprint density at radius 1 is 0.944 bits per heavy atom. The Balaban J connectivity index is 0. The maximum absolute atomic E-state index is 11.0. The van der Waals surface area contributed by atoms with Crippen LogP contribution in [0.1, 0.15) is 6.92 Å². The van der Waals surface area contributed by atoms with Crippen LogP contribution in [0.4, 0.5) is 0 Å². The fourth-order valence-electron chi connectivity index (χ4n) is 1.34. The van der Waals surface area contributed by atoms with Gasteiger partial charge in [-0.15, -0.1) is 0 Å². The van der Waals surface area contributed by atoms with Gasteiger partial charge in [-0.05, 0) is 13.0 Å². The van der Waals surface area contributed by atoms with Crippen LogP contribution in [0.2, 0.25) is 0 Å². The molecule has 0 spiro atoms. The summed E-state index contributed by atoms with van der Waals surface area (Å²) in [6.45, 7) is 0.796. The van der Waals surface area contributed by atoms with E-state index in [1.54, 1.807) is 0 Å². The zero-order chi connectivity index (χ0) is 12.8. The summed E-state index contributed by atoms with van der Waals surface area (Å²) in [6.07, 6.45) is 3.74. The van der Waals surface area contributed by atoms with Gasteiger partial charge in [-0.2, -0.15) is 0 Å². The molecule has 0 radical (unpaired) electrons. The molecule has 0 heterocycles. The average Bonchev–Trinajstić information content (AvgIpc) is 2.06. The van der Waals surface area contributed by atoms with Crippen molar-refractivity contribution in [2.75, 3.05) is 0 Å². The summed E-state index contributed by atoms with van der Waals surface area (Å²) in [7, 11) is -10.3. The number of hydrogen-bond acceptors (Lipinski definition) is 7. The summed E-state index contributed by atoms with van der Waals surface area (Å²) in [6, 6.07) is 0. The van der Waals surface area contributed by atoms with Gasteiger partial charge < -0.3 is 14.8 Å². The van der Waals surface area contributed by atoms with Gasteiger partial charge in [0.15, 0.2) is 0 Å². The number of allylic oxidation sites excluding steroid dienone is 2. The van der Waals surface area contributed by atoms with Crippen molar-refractivity contribution in [2.24, 2.45) is 5.73 Å². The van der Waals surface area contributed by atoms with E-state index in [2.05, 4.69) is 0 Å². The van der Waals surface area contributed by atoms with E-state index in [9.17, 15) is 25.9 Å². The first-order valence-corrected chi connectivity index (χ1v) is 6.84. The molecule has 0 aromatic rings. The molecule has 7 nitrogen and oxygen atoms in total. The normalized spacial score (nSPS) is 31.3. The molecule has 0 aliphatic heterocycles. The molecule has 2 unspecified atom stereocenters. The molecule has 18 heavy (non-hydrogen) atoms. The van der Waals surface area contributed by atoms with Crippen LogP contribution in [-0.4, -0.2) is 35.6 Å². The van der Waals surface area contributed by atoms with Crippen molar-refractivity contribution in [3.8, 4) is 0 Å². The van der Waals surface area contributed by atoms with E-state index in [1.807, 2.05) is 0 Å². The van der Waals surface area contributed by atoms with Crippen LogP contribution in [0.15, 0.2) is 24.3 Å². The molecular weight excluding hydrogens is 304 g/mol. The van der Waals surface area contributed by atoms with Crippen LogP contribution in [0, 0.1) is 0 Å². The summed E-state index contributed by atoms with van der Waals surface area (Å²) in [4.78, 5) is -2.80. The summed E-state index contributed by atoms with van der Waals surface area (Å²) >= 11 is 0. The zero-order valence-electron chi connectivity index (χ0n) is 10.2. The van der Waals surface area contributed by atoms with Crippen LogP contribution in [0.25, 0.3) is 0 Å². The number of nitrogens with two attached hydrogens (primary N) is 1. The summed E-state index contributed by atoms with van der Waals surface area (Å²) in [5, 5.41) is 0. The molecule has 0 saturated carbocycles. The van der Waals surface area contributed by atoms with E-state index < -0.39 is 29.9 Å². The molecule has 1 rings (SSSR count). The second kappa shape index (κ2) is 6.35. The van der Waals surface area contributed by atoms with Crippen LogP contribution < -0.4 is 64.8 Å². The van der Waals surface area contributed by atoms with Gasteiger partial charge in [-0.25, -0.2) is 16.8 Å². The second-order valence-corrected chi connectivity index (χ2v) is 6.87. The van der Waals surface area contributed by atoms with Gasteiger partial charge in [-0.1, -0.05) is 18.2 Å². The first-order valence-electron chi connectivity index (χ1n) is 4.02. The minimum absolute atomic E-state index is 0. The molecule has 2 N–H and O–H groups in total. The summed E-state index contributed by atoms with van der Waals surface area (Å²) < 4.78 is 63.6. The molecular formula is C7H9NNa2O6S2. The first kappa shape index (κ1) is 21.6. The third-order valence-electron chi connectivity index (χ3n) is 2.58. The summed E-state index contributed by atoms with van der Waals surface area (Å²) in [5.74, 6) is 0. The first-order chi connectivity index (χ1) is 6.96. The number of hydrogen-bond donors (Lipinski definition) is 1. The van der Waals surface area contributed by atoms with E-state index in [1.165, 1.54) is 0 Å². The molecule has 0 aromatic carbocycles. The predicted octanol–water partition coefficient (Wildman–Crippen LogP) is -7.38. The van der Waals surface area contributed by atoms with Crippen molar-refractivity contribution in [2.45, 2.75) is 16.5 Å². The van der Waals surface area contributed by atoms with Crippen molar-refractivity contribution in [1.82, 2.24) is 0 Å². The Morgan fingerprint density at radius 2 is 1.33 bits per heavy atom. The molecule has 2 atom stereocenters. The Bertz CT molecular complexity index is 517. The Kier molecular flexibility index (Phi) is 7.61. The zero-order valence-corrected chi connectivity index (χ0v) is 15.8. The molecule has 0 fully saturated rings. The van der Waals surface area contributed by atoms with Crippen molar-refractivity contribution in [3.63, 3.8) is 0 Å². The van der Waals surface area contributed by atoms with E-state index in [0.717, 1.165) is 25.2 Å². The second-order valence-electron chi connectivity index (χ2n) is 3.53. The third kappa shape index (κ3) is 3.29. The quantitative estimate of drug-likeness (QED) is 0.394. The minimum Gasteiger partial charge on any atom is -0.747 e. The fourth-order valence-corrected chi connectivity index (χ4v) is 3.47. The van der Waals surface area contributed by atoms with E-state index in [4.69, 9.17) is 5.73 Å². The van der Waals surface area contributed by atoms with E-state index in [0.29, 0.717) is 6.08 Å². The maximum Gasteiger partial charge on any atom is 1.00 e. The standard InChI is InChI=1S/C7H11NO6S2.2Na/c1-6(15(9,10)11)4-2-3-5-7(6,8)16(12,13)14;;/h2-5H,8H2,1H3,(H,9,10,11)(H,12,13,14);;/q;2*+1/p-2. The van der Waals surface area contributed by atoms with Gasteiger partial charge in [0.2, 0.25) is 0 Å². The largest absolute Gasteiger partial charge is 1.00 e. The van der Waals surface area contributed by atoms with Crippen LogP contribution in [0.5, 0.6) is 0 Å². The molecule has 0 amide bonds. The van der Waals surface area contributed by atoms with E-state index in [-0.39, 0.29) is 59.1 Å². The predicted molar refractivity (Wildman–Crippen MR) is 53.0 cm³/mol. The number of rotatable bonds is 2. The van der Waals surface area contributed by atoms with Gasteiger partial charge in [0.25, 0.3) is 0 Å². The molecule has 0 aromatic heterocycles. The van der Waals surface area contributed by atoms with E-state index >= 15 is 0 Å². The van der Waals surface area contributed by atoms with Crippen molar-refractivity contribution in [3.05, 3.63) is 24.3 Å². The van der Waals surface area contributed by atoms with Gasteiger partial charge in [0.1, 0.15) is 29.9 Å². The summed E-state index contributed by atoms with van der Waals surface area (Å²) in [5.41, 5.74) is 5.28. The van der Waals surface area contributed by atoms with Crippen LogP contribution >= 0.6 is 0 Å². The molecule has 1 aliphatic rings. The Labute approximate surface area is 150 Å². The SMILES string of the molecule is CC1(S(=O)(=O)[O-])C=CC=CC1(N)S(=O)(=O)[O-].[Na+].[Na+]. The van der Waals surface area contributed by atoms with Crippen molar-refractivity contribution in [1.29, 1.82) is 0 Å². The maximum atomic E-state index is 11.0. The molecule has 0 saturated heterocycles. The van der Waals surface area contributed by atoms with Gasteiger partial charge in [0, 0.05) is 0 Å². The average molecular weight is 313 g/mol.